The molecular weight excluding hydrogens is 156 g/mol. The Morgan fingerprint density at radius 1 is 1.58 bits per heavy atom. The van der Waals surface area contributed by atoms with Gasteiger partial charge in [0.15, 0.2) is 0 Å². The summed E-state index contributed by atoms with van der Waals surface area (Å²) in [4.78, 5) is 14.7. The minimum atomic E-state index is -0.506. The van der Waals surface area contributed by atoms with Gasteiger partial charge < -0.3 is 10.1 Å². The number of carbonyl (C=O) groups excluding carboxylic acids is 1. The van der Waals surface area contributed by atoms with Crippen LogP contribution < -0.4 is 10.1 Å². The normalized spacial score (nSPS) is 9.17. The van der Waals surface area contributed by atoms with Gasteiger partial charge in [0.25, 0.3) is 0 Å². The summed E-state index contributed by atoms with van der Waals surface area (Å²) < 4.78 is 4.78. The van der Waals surface area contributed by atoms with Crippen molar-refractivity contribution in [2.75, 3.05) is 7.05 Å². The summed E-state index contributed by atoms with van der Waals surface area (Å²) in [6, 6.07) is 5.24. The van der Waals surface area contributed by atoms with E-state index in [0.29, 0.717) is 5.88 Å². The maximum absolute atomic E-state index is 10.7. The lowest BCUT2D eigenvalue weighted by molar-refractivity contribution is 0.201. The summed E-state index contributed by atoms with van der Waals surface area (Å²) in [7, 11) is 1.50. The third kappa shape index (κ3) is 2.23. The molecule has 0 aromatic carbocycles. The van der Waals surface area contributed by atoms with E-state index in [2.05, 4.69) is 10.3 Å². The fraction of sp³-hybridized carbons (Fsp3) is 0.250. The lowest BCUT2D eigenvalue weighted by Crippen LogP contribution is -2.22. The van der Waals surface area contributed by atoms with Crippen molar-refractivity contribution in [3.8, 4) is 5.88 Å². The highest BCUT2D eigenvalue weighted by atomic mass is 16.6. The highest BCUT2D eigenvalue weighted by molar-refractivity contribution is 5.69. The molecule has 0 radical (unpaired) electrons. The number of rotatable bonds is 1. The molecule has 4 nitrogen and oxygen atoms in total. The number of pyridine rings is 1. The average molecular weight is 166 g/mol. The van der Waals surface area contributed by atoms with Gasteiger partial charge in [-0.3, -0.25) is 0 Å². The quantitative estimate of drug-likeness (QED) is 0.679. The van der Waals surface area contributed by atoms with Crippen molar-refractivity contribution in [2.45, 2.75) is 6.92 Å². The molecule has 0 aliphatic heterocycles. The van der Waals surface area contributed by atoms with Gasteiger partial charge in [0.2, 0.25) is 5.88 Å². The van der Waals surface area contributed by atoms with Gasteiger partial charge in [0.05, 0.1) is 0 Å². The molecule has 0 atom stereocenters. The number of carbonyl (C=O) groups is 1. The van der Waals surface area contributed by atoms with Crippen LogP contribution in [0.5, 0.6) is 5.88 Å². The molecule has 64 valence electrons. The zero-order valence-electron chi connectivity index (χ0n) is 7.00. The Bertz CT molecular complexity index is 286. The van der Waals surface area contributed by atoms with Crippen molar-refractivity contribution in [2.24, 2.45) is 0 Å². The molecule has 0 saturated heterocycles. The Morgan fingerprint density at radius 3 is 2.92 bits per heavy atom. The van der Waals surface area contributed by atoms with Crippen LogP contribution in [-0.4, -0.2) is 18.1 Å². The van der Waals surface area contributed by atoms with Crippen molar-refractivity contribution < 1.29 is 9.53 Å². The SMILES string of the molecule is CNC(=O)Oc1cccc(C)n1. The van der Waals surface area contributed by atoms with E-state index >= 15 is 0 Å². The van der Waals surface area contributed by atoms with E-state index in [-0.39, 0.29) is 0 Å². The van der Waals surface area contributed by atoms with Crippen LogP contribution in [0.3, 0.4) is 0 Å². The van der Waals surface area contributed by atoms with E-state index in [1.54, 1.807) is 12.1 Å². The molecule has 0 aliphatic rings. The van der Waals surface area contributed by atoms with Crippen molar-refractivity contribution in [1.29, 1.82) is 0 Å². The van der Waals surface area contributed by atoms with Gasteiger partial charge in [-0.25, -0.2) is 9.78 Å². The van der Waals surface area contributed by atoms with Crippen molar-refractivity contribution >= 4 is 6.09 Å². The molecule has 1 aromatic rings. The number of ether oxygens (including phenoxy) is 1. The molecule has 0 unspecified atom stereocenters. The molecule has 1 rings (SSSR count). The number of aromatic nitrogens is 1. The summed E-state index contributed by atoms with van der Waals surface area (Å²) in [6.07, 6.45) is -0.506. The first-order valence-electron chi connectivity index (χ1n) is 3.55. The maximum atomic E-state index is 10.7. The maximum Gasteiger partial charge on any atom is 0.413 e. The first-order valence-corrected chi connectivity index (χ1v) is 3.55. The van der Waals surface area contributed by atoms with Gasteiger partial charge in [-0.15, -0.1) is 0 Å². The van der Waals surface area contributed by atoms with Gasteiger partial charge in [0, 0.05) is 18.8 Å². The van der Waals surface area contributed by atoms with Crippen molar-refractivity contribution in [1.82, 2.24) is 10.3 Å². The highest BCUT2D eigenvalue weighted by Crippen LogP contribution is 2.06. The number of nitrogens with one attached hydrogen (secondary N) is 1. The number of amides is 1. The van der Waals surface area contributed by atoms with Gasteiger partial charge in [-0.1, -0.05) is 6.07 Å². The first kappa shape index (κ1) is 8.52. The van der Waals surface area contributed by atoms with Crippen molar-refractivity contribution in [3.63, 3.8) is 0 Å². The Hall–Kier alpha value is -1.58. The minimum absolute atomic E-state index is 0.314. The summed E-state index contributed by atoms with van der Waals surface area (Å²) in [6.45, 7) is 1.83. The molecule has 4 heteroatoms. The molecule has 1 N–H and O–H groups in total. The lowest BCUT2D eigenvalue weighted by Gasteiger charge is -2.01. The largest absolute Gasteiger partial charge is 0.413 e. The van der Waals surface area contributed by atoms with Crippen LogP contribution in [0.25, 0.3) is 0 Å². The topological polar surface area (TPSA) is 51.2 Å². The Morgan fingerprint density at radius 2 is 2.33 bits per heavy atom. The summed E-state index contributed by atoms with van der Waals surface area (Å²) in [5.41, 5.74) is 0.816. The molecule has 1 heterocycles. The Balaban J connectivity index is 2.69. The van der Waals surface area contributed by atoms with Gasteiger partial charge in [0.1, 0.15) is 0 Å². The third-order valence-corrected chi connectivity index (χ3v) is 1.26. The second kappa shape index (κ2) is 3.71. The van der Waals surface area contributed by atoms with Crippen LogP contribution in [0.15, 0.2) is 18.2 Å². The number of aryl methyl sites for hydroxylation is 1. The van der Waals surface area contributed by atoms with Crippen LogP contribution in [0.1, 0.15) is 5.69 Å². The monoisotopic (exact) mass is 166 g/mol. The van der Waals surface area contributed by atoms with E-state index in [1.165, 1.54) is 7.05 Å². The first-order chi connectivity index (χ1) is 5.72. The van der Waals surface area contributed by atoms with Crippen LogP contribution >= 0.6 is 0 Å². The zero-order valence-corrected chi connectivity index (χ0v) is 7.00. The summed E-state index contributed by atoms with van der Waals surface area (Å²) in [5.74, 6) is 0.314. The second-order valence-corrected chi connectivity index (χ2v) is 2.26. The minimum Gasteiger partial charge on any atom is -0.391 e. The molecule has 0 fully saturated rings. The van der Waals surface area contributed by atoms with E-state index in [9.17, 15) is 4.79 Å². The predicted octanol–water partition coefficient (Wildman–Crippen LogP) is 1.11. The molecule has 1 aromatic heterocycles. The lowest BCUT2D eigenvalue weighted by atomic mass is 10.4. The molecule has 0 bridgehead atoms. The van der Waals surface area contributed by atoms with E-state index in [0.717, 1.165) is 5.69 Å². The number of hydrogen-bond donors (Lipinski definition) is 1. The highest BCUT2D eigenvalue weighted by Gasteiger charge is 2.00. The third-order valence-electron chi connectivity index (χ3n) is 1.26. The van der Waals surface area contributed by atoms with Crippen molar-refractivity contribution in [3.05, 3.63) is 23.9 Å². The second-order valence-electron chi connectivity index (χ2n) is 2.26. The Kier molecular flexibility index (Phi) is 2.63. The van der Waals surface area contributed by atoms with E-state index < -0.39 is 6.09 Å². The van der Waals surface area contributed by atoms with Crippen LogP contribution in [-0.2, 0) is 0 Å². The number of hydrogen-bond acceptors (Lipinski definition) is 3. The molecule has 1 amide bonds. The average Bonchev–Trinajstić information content (AvgIpc) is 2.04. The summed E-state index contributed by atoms with van der Waals surface area (Å²) >= 11 is 0. The smallest absolute Gasteiger partial charge is 0.391 e. The predicted molar refractivity (Wildman–Crippen MR) is 44.1 cm³/mol. The van der Waals surface area contributed by atoms with Gasteiger partial charge in [-0.2, -0.15) is 0 Å². The van der Waals surface area contributed by atoms with Gasteiger partial charge in [-0.05, 0) is 13.0 Å². The Labute approximate surface area is 70.6 Å². The zero-order chi connectivity index (χ0) is 8.97. The van der Waals surface area contributed by atoms with Crippen LogP contribution in [0.2, 0.25) is 0 Å². The fourth-order valence-corrected chi connectivity index (χ4v) is 0.721. The standard InChI is InChI=1S/C8H10N2O2/c1-6-4-3-5-7(10-6)12-8(11)9-2/h3-5H,1-2H3,(H,9,11). The molecule has 12 heavy (non-hydrogen) atoms. The van der Waals surface area contributed by atoms with Crippen LogP contribution in [0, 0.1) is 6.92 Å². The van der Waals surface area contributed by atoms with E-state index in [1.807, 2.05) is 13.0 Å². The number of nitrogens with zero attached hydrogens (tertiary/aromatic N) is 1. The van der Waals surface area contributed by atoms with E-state index in [4.69, 9.17) is 4.74 Å². The molecule has 0 spiro atoms. The molecule has 0 saturated carbocycles. The summed E-state index contributed by atoms with van der Waals surface area (Å²) in [5, 5.41) is 2.33. The fourth-order valence-electron chi connectivity index (χ4n) is 0.721. The molecular formula is C8H10N2O2. The van der Waals surface area contributed by atoms with Gasteiger partial charge >= 0.3 is 6.09 Å². The van der Waals surface area contributed by atoms with Crippen LogP contribution in [0.4, 0.5) is 4.79 Å². The molecule has 0 aliphatic carbocycles.